The predicted molar refractivity (Wildman–Crippen MR) is 345 cm³/mol. The summed E-state index contributed by atoms with van der Waals surface area (Å²) >= 11 is 0. The fraction of sp³-hybridized carbons (Fsp3) is 0.368. The third-order valence-corrected chi connectivity index (χ3v) is 23.2. The van der Waals surface area contributed by atoms with E-state index in [-0.39, 0.29) is 44.7 Å². The molecule has 6 heterocycles. The number of aryl methyl sites for hydroxylation is 1. The Balaban J connectivity index is 1.10. The molecule has 3 unspecified atom stereocenters. The predicted octanol–water partition coefficient (Wildman–Crippen LogP) is 19.0. The second-order valence-corrected chi connectivity index (χ2v) is 30.2. The van der Waals surface area contributed by atoms with Crippen molar-refractivity contribution in [1.29, 1.82) is 0 Å². The van der Waals surface area contributed by atoms with Gasteiger partial charge >= 0.3 is 0 Å². The Morgan fingerprint density at radius 2 is 1.01 bits per heavy atom. The first-order valence-electron chi connectivity index (χ1n) is 31.0. The second kappa shape index (κ2) is 15.5. The Hall–Kier alpha value is -7.18. The molecule has 1 fully saturated rings. The summed E-state index contributed by atoms with van der Waals surface area (Å²) in [6.07, 6.45) is 9.17. The fourth-order valence-corrected chi connectivity index (χ4v) is 18.2. The van der Waals surface area contributed by atoms with Gasteiger partial charge in [0.15, 0.2) is 0 Å². The summed E-state index contributed by atoms with van der Waals surface area (Å²) in [7, 11) is 0. The van der Waals surface area contributed by atoms with Crippen LogP contribution in [0.4, 0.5) is 45.5 Å². The van der Waals surface area contributed by atoms with Gasteiger partial charge in [-0.1, -0.05) is 150 Å². The van der Waals surface area contributed by atoms with Crippen LogP contribution in [0.25, 0.3) is 43.9 Å². The van der Waals surface area contributed by atoms with Crippen LogP contribution >= 0.6 is 0 Å². The first-order valence-corrected chi connectivity index (χ1v) is 31.0. The van der Waals surface area contributed by atoms with Crippen LogP contribution < -0.4 is 31.1 Å². The van der Waals surface area contributed by atoms with E-state index in [1.807, 2.05) is 0 Å². The first-order chi connectivity index (χ1) is 39.0. The highest BCUT2D eigenvalue weighted by molar-refractivity contribution is 7.00. The van der Waals surface area contributed by atoms with Crippen molar-refractivity contribution in [3.63, 3.8) is 0 Å². The lowest BCUT2D eigenvalue weighted by atomic mass is 9.33. The molecule has 8 aromatic carbocycles. The molecule has 10 aromatic rings. The molecule has 3 aliphatic carbocycles. The van der Waals surface area contributed by atoms with Crippen molar-refractivity contribution in [2.45, 2.75) is 179 Å². The molecule has 82 heavy (non-hydrogen) atoms. The summed E-state index contributed by atoms with van der Waals surface area (Å²) in [5, 5.41) is 4.60. The van der Waals surface area contributed by atoms with E-state index in [1.165, 1.54) is 114 Å². The quantitative estimate of drug-likeness (QED) is 0.153. The molecule has 0 radical (unpaired) electrons. The van der Waals surface area contributed by atoms with E-state index in [1.54, 1.807) is 0 Å². The minimum Gasteiger partial charge on any atom is -0.456 e. The zero-order valence-electron chi connectivity index (χ0n) is 50.5. The molecule has 6 heteroatoms. The number of anilines is 8. The maximum atomic E-state index is 7.03. The number of para-hydroxylation sites is 2. The molecular weight excluding hydrogens is 998 g/mol. The van der Waals surface area contributed by atoms with Gasteiger partial charge in [-0.15, -0.1) is 0 Å². The molecule has 3 atom stereocenters. The van der Waals surface area contributed by atoms with Crippen LogP contribution in [0.1, 0.15) is 179 Å². The maximum absolute atomic E-state index is 7.03. The molecule has 6 bridgehead atoms. The fourth-order valence-electron chi connectivity index (χ4n) is 18.2. The van der Waals surface area contributed by atoms with Crippen molar-refractivity contribution in [3.05, 3.63) is 172 Å². The molecular formula is C76H76BN3O2. The van der Waals surface area contributed by atoms with Gasteiger partial charge in [0.05, 0.1) is 16.6 Å². The van der Waals surface area contributed by atoms with Gasteiger partial charge in [-0.05, 0) is 202 Å². The van der Waals surface area contributed by atoms with Crippen molar-refractivity contribution in [1.82, 2.24) is 0 Å². The number of nitrogens with zero attached hydrogens (tertiary/aromatic N) is 3. The molecule has 0 N–H and O–H groups in total. The van der Waals surface area contributed by atoms with Crippen LogP contribution in [0.5, 0.6) is 0 Å². The summed E-state index contributed by atoms with van der Waals surface area (Å²) in [5.41, 5.74) is 28.7. The Bertz CT molecular complexity index is 4540. The van der Waals surface area contributed by atoms with Crippen LogP contribution in [-0.4, -0.2) is 12.3 Å². The molecule has 2 aromatic heterocycles. The van der Waals surface area contributed by atoms with E-state index in [9.17, 15) is 0 Å². The number of hydrogen-bond acceptors (Lipinski definition) is 5. The minimum atomic E-state index is -0.258. The summed E-state index contributed by atoms with van der Waals surface area (Å²) in [6, 6.07) is 50.7. The molecule has 4 aliphatic heterocycles. The molecule has 5 nitrogen and oxygen atoms in total. The number of fused-ring (bicyclic) bond motifs is 21. The lowest BCUT2D eigenvalue weighted by molar-refractivity contribution is 0.195. The van der Waals surface area contributed by atoms with E-state index in [0.717, 1.165) is 88.1 Å². The highest BCUT2D eigenvalue weighted by Crippen LogP contribution is 2.65. The largest absolute Gasteiger partial charge is 0.456 e. The average molecular weight is 1070 g/mol. The third kappa shape index (κ3) is 6.07. The lowest BCUT2D eigenvalue weighted by Crippen LogP contribution is -2.62. The topological polar surface area (TPSA) is 36.0 Å². The van der Waals surface area contributed by atoms with E-state index in [4.69, 9.17) is 8.83 Å². The van der Waals surface area contributed by atoms with Crippen molar-refractivity contribution in [2.75, 3.05) is 14.7 Å². The van der Waals surface area contributed by atoms with Gasteiger partial charge in [-0.25, -0.2) is 0 Å². The number of rotatable bonds is 1. The van der Waals surface area contributed by atoms with Crippen molar-refractivity contribution in [2.24, 2.45) is 0 Å². The molecule has 0 amide bonds. The van der Waals surface area contributed by atoms with Gasteiger partial charge in [0, 0.05) is 66.8 Å². The van der Waals surface area contributed by atoms with Crippen LogP contribution in [-0.2, 0) is 32.5 Å². The molecule has 410 valence electrons. The van der Waals surface area contributed by atoms with Gasteiger partial charge in [0.2, 0.25) is 0 Å². The highest BCUT2D eigenvalue weighted by atomic mass is 16.3. The van der Waals surface area contributed by atoms with Crippen molar-refractivity contribution < 1.29 is 8.83 Å². The van der Waals surface area contributed by atoms with E-state index in [0.29, 0.717) is 0 Å². The van der Waals surface area contributed by atoms with Gasteiger partial charge in [0.25, 0.3) is 6.71 Å². The van der Waals surface area contributed by atoms with E-state index >= 15 is 0 Å². The normalized spacial score (nSPS) is 23.9. The van der Waals surface area contributed by atoms with Crippen LogP contribution in [0.3, 0.4) is 0 Å². The van der Waals surface area contributed by atoms with Crippen LogP contribution in [0, 0.1) is 6.92 Å². The monoisotopic (exact) mass is 1070 g/mol. The zero-order chi connectivity index (χ0) is 56.3. The minimum absolute atomic E-state index is 0.00835. The Morgan fingerprint density at radius 3 is 1.74 bits per heavy atom. The Kier molecular flexibility index (Phi) is 9.36. The Morgan fingerprint density at radius 1 is 0.439 bits per heavy atom. The zero-order valence-corrected chi connectivity index (χ0v) is 50.5. The lowest BCUT2D eigenvalue weighted by Gasteiger charge is -2.51. The average Bonchev–Trinajstić information content (AvgIpc) is 1.25. The van der Waals surface area contributed by atoms with Crippen molar-refractivity contribution in [3.8, 4) is 0 Å². The van der Waals surface area contributed by atoms with Gasteiger partial charge in [-0.2, -0.15) is 0 Å². The van der Waals surface area contributed by atoms with E-state index < -0.39 is 0 Å². The van der Waals surface area contributed by atoms with Crippen molar-refractivity contribution >= 4 is 112 Å². The summed E-state index contributed by atoms with van der Waals surface area (Å²) in [6.45, 7) is 32.6. The van der Waals surface area contributed by atoms with E-state index in [2.05, 4.69) is 232 Å². The molecule has 0 saturated heterocycles. The standard InChI is InChI=1S/C76H76BN3O2/c1-43-33-49-53-40-58(43)79-60-36-47-45-21-14-16-24-64(45)82-67(47)42-56(60)77-55-38-50-51(72(7,8)30-29-71(50,5)6)39-61(55)78(57-23-20-26-66-68(57)46-22-15-17-25-65(46)81-66)62-34-44(35-63(79)69(62)77)80-59-41-52(74(53,11)32-31-73(49,9)10)48(70(2,3)4)37-54(59)75(12)27-18-19-28-76(75,80)13/h14-17,20-26,33-42H,18-19,27-32H2,1-13H3. The maximum Gasteiger partial charge on any atom is 0.252 e. The molecule has 1 saturated carbocycles. The molecule has 0 spiro atoms. The smallest absolute Gasteiger partial charge is 0.252 e. The third-order valence-electron chi connectivity index (χ3n) is 23.2. The Labute approximate surface area is 484 Å². The van der Waals surface area contributed by atoms with Gasteiger partial charge in [0.1, 0.15) is 22.3 Å². The van der Waals surface area contributed by atoms with Crippen LogP contribution in [0.15, 0.2) is 136 Å². The summed E-state index contributed by atoms with van der Waals surface area (Å²) < 4.78 is 13.9. The summed E-state index contributed by atoms with van der Waals surface area (Å²) in [5.74, 6) is 0. The van der Waals surface area contributed by atoms with Crippen LogP contribution in [0.2, 0.25) is 0 Å². The SMILES string of the molecule is Cc1cc2c3cc1N1c4cc5c(cc4B4c6cc7c(cc6N(c6cccc8oc9ccccc9c68)c6cc(cc1c64)N1c4cc(c(C(C)(C)C)cc4C4(C)CCCCC14C)C3(C)CCC2(C)C)C(C)(C)CCC7(C)C)oc1ccccc15. The molecule has 7 aliphatic rings. The first kappa shape index (κ1) is 49.4. The van der Waals surface area contributed by atoms with Gasteiger partial charge in [-0.3, -0.25) is 0 Å². The number of benzene rings is 8. The van der Waals surface area contributed by atoms with Gasteiger partial charge < -0.3 is 23.5 Å². The number of furan rings is 2. The molecule has 17 rings (SSSR count). The summed E-state index contributed by atoms with van der Waals surface area (Å²) in [4.78, 5) is 8.40. The second-order valence-electron chi connectivity index (χ2n) is 30.2. The highest BCUT2D eigenvalue weighted by Gasteiger charge is 2.60. The number of hydrogen-bond donors (Lipinski definition) is 0.